The van der Waals surface area contributed by atoms with Crippen molar-refractivity contribution in [3.8, 4) is 11.3 Å². The molecule has 1 saturated heterocycles. The third kappa shape index (κ3) is 4.31. The van der Waals surface area contributed by atoms with Crippen LogP contribution in [0.1, 0.15) is 40.1 Å². The van der Waals surface area contributed by atoms with E-state index in [0.29, 0.717) is 83.1 Å². The highest BCUT2D eigenvalue weighted by Crippen LogP contribution is 2.46. The standard InChI is InChI=1S/C30H28N4O6/c1-3-38-29(36)18-8-7-9-19(16-18)31-22-17-23(33-12-14-34(15-13-33)30(37)39-4-2)26-25-24(22)27(35)20-10-5-6-11-21(20)28(25)40-32-26/h5-11,16-17,31H,3-4,12-15H2,1-2H3. The smallest absolute Gasteiger partial charge is 0.409 e. The van der Waals surface area contributed by atoms with Gasteiger partial charge in [0.05, 0.1) is 41.1 Å². The summed E-state index contributed by atoms with van der Waals surface area (Å²) >= 11 is 0. The summed E-state index contributed by atoms with van der Waals surface area (Å²) in [4.78, 5) is 42.3. The van der Waals surface area contributed by atoms with Gasteiger partial charge in [0.2, 0.25) is 0 Å². The van der Waals surface area contributed by atoms with Gasteiger partial charge >= 0.3 is 12.1 Å². The number of carbonyl (C=O) groups is 3. The van der Waals surface area contributed by atoms with E-state index in [4.69, 9.17) is 14.0 Å². The lowest BCUT2D eigenvalue weighted by molar-refractivity contribution is 0.0526. The monoisotopic (exact) mass is 540 g/mol. The first kappa shape index (κ1) is 25.4. The van der Waals surface area contributed by atoms with Crippen molar-refractivity contribution in [1.82, 2.24) is 10.1 Å². The number of nitrogens with zero attached hydrogens (tertiary/aromatic N) is 3. The lowest BCUT2D eigenvalue weighted by Gasteiger charge is -2.36. The molecule has 0 atom stereocenters. The second-order valence-corrected chi connectivity index (χ2v) is 9.53. The van der Waals surface area contributed by atoms with E-state index in [1.807, 2.05) is 30.3 Å². The highest BCUT2D eigenvalue weighted by molar-refractivity contribution is 6.28. The molecule has 0 spiro atoms. The van der Waals surface area contributed by atoms with E-state index in [9.17, 15) is 14.4 Å². The minimum absolute atomic E-state index is 0.140. The Balaban J connectivity index is 1.45. The molecule has 0 unspecified atom stereocenters. The fraction of sp³-hybridized carbons (Fsp3) is 0.267. The first-order valence-electron chi connectivity index (χ1n) is 13.3. The van der Waals surface area contributed by atoms with Crippen molar-refractivity contribution in [2.24, 2.45) is 0 Å². The topological polar surface area (TPSA) is 114 Å². The van der Waals surface area contributed by atoms with Crippen molar-refractivity contribution >= 4 is 45.8 Å². The fourth-order valence-corrected chi connectivity index (χ4v) is 5.32. The number of amides is 1. The van der Waals surface area contributed by atoms with Crippen molar-refractivity contribution in [3.63, 3.8) is 0 Å². The van der Waals surface area contributed by atoms with E-state index in [-0.39, 0.29) is 18.5 Å². The van der Waals surface area contributed by atoms with Crippen LogP contribution in [-0.4, -0.2) is 67.3 Å². The molecule has 10 nitrogen and oxygen atoms in total. The predicted molar refractivity (Wildman–Crippen MR) is 149 cm³/mol. The summed E-state index contributed by atoms with van der Waals surface area (Å²) in [6, 6.07) is 16.2. The van der Waals surface area contributed by atoms with Crippen LogP contribution in [0.2, 0.25) is 0 Å². The molecule has 1 aliphatic heterocycles. The SMILES string of the molecule is CCOC(=O)c1cccc(Nc2cc(N3CCN(C(=O)OCC)CC3)c3noc4c3c2C(=O)c2ccccc2-4)c1. The molecule has 10 heteroatoms. The minimum Gasteiger partial charge on any atom is -0.462 e. The maximum Gasteiger partial charge on any atom is 0.409 e. The average molecular weight is 541 g/mol. The van der Waals surface area contributed by atoms with Gasteiger partial charge in [0.15, 0.2) is 11.5 Å². The molecule has 204 valence electrons. The Morgan fingerprint density at radius 1 is 0.950 bits per heavy atom. The quantitative estimate of drug-likeness (QED) is 0.289. The van der Waals surface area contributed by atoms with Crippen molar-refractivity contribution < 1.29 is 28.4 Å². The maximum absolute atomic E-state index is 13.9. The Morgan fingerprint density at radius 3 is 2.45 bits per heavy atom. The van der Waals surface area contributed by atoms with E-state index in [1.54, 1.807) is 43.0 Å². The largest absolute Gasteiger partial charge is 0.462 e. The highest BCUT2D eigenvalue weighted by atomic mass is 16.6. The number of ketones is 1. The summed E-state index contributed by atoms with van der Waals surface area (Å²) in [6.07, 6.45) is -0.327. The number of hydrogen-bond acceptors (Lipinski definition) is 9. The third-order valence-corrected chi connectivity index (χ3v) is 7.18. The van der Waals surface area contributed by atoms with E-state index >= 15 is 0 Å². The predicted octanol–water partition coefficient (Wildman–Crippen LogP) is 5.24. The van der Waals surface area contributed by atoms with Gasteiger partial charge in [-0.2, -0.15) is 0 Å². The van der Waals surface area contributed by atoms with Crippen LogP contribution in [0.4, 0.5) is 21.9 Å². The number of nitrogens with one attached hydrogen (secondary N) is 1. The summed E-state index contributed by atoms with van der Waals surface area (Å²) in [5.74, 6) is -0.0241. The number of anilines is 3. The number of ether oxygens (including phenoxy) is 2. The lowest BCUT2D eigenvalue weighted by atomic mass is 9.86. The molecule has 0 radical (unpaired) electrons. The van der Waals surface area contributed by atoms with E-state index in [0.717, 1.165) is 5.69 Å². The van der Waals surface area contributed by atoms with Crippen molar-refractivity contribution in [1.29, 1.82) is 0 Å². The van der Waals surface area contributed by atoms with Gasteiger partial charge in [-0.3, -0.25) is 4.79 Å². The molecule has 1 N–H and O–H groups in total. The maximum atomic E-state index is 13.9. The molecule has 2 heterocycles. The summed E-state index contributed by atoms with van der Waals surface area (Å²) < 4.78 is 16.2. The molecule has 2 aliphatic rings. The average Bonchev–Trinajstić information content (AvgIpc) is 3.42. The number of fused-ring (bicyclic) bond motifs is 2. The number of esters is 1. The zero-order valence-electron chi connectivity index (χ0n) is 22.2. The van der Waals surface area contributed by atoms with Gasteiger partial charge in [-0.25, -0.2) is 9.59 Å². The van der Waals surface area contributed by atoms with Crippen LogP contribution in [0.3, 0.4) is 0 Å². The van der Waals surface area contributed by atoms with Gasteiger partial charge in [0.25, 0.3) is 0 Å². The van der Waals surface area contributed by atoms with Crippen molar-refractivity contribution in [2.75, 3.05) is 49.6 Å². The summed E-state index contributed by atoms with van der Waals surface area (Å²) in [7, 11) is 0. The molecule has 1 aromatic heterocycles. The molecule has 6 rings (SSSR count). The Labute approximate surface area is 230 Å². The number of piperazine rings is 1. The van der Waals surface area contributed by atoms with Crippen molar-refractivity contribution in [2.45, 2.75) is 13.8 Å². The van der Waals surface area contributed by atoms with E-state index < -0.39 is 5.97 Å². The molecule has 4 aromatic rings. The van der Waals surface area contributed by atoms with Crippen LogP contribution in [0.5, 0.6) is 0 Å². The molecule has 40 heavy (non-hydrogen) atoms. The van der Waals surface area contributed by atoms with Crippen LogP contribution < -0.4 is 10.2 Å². The second-order valence-electron chi connectivity index (χ2n) is 9.53. The zero-order chi connectivity index (χ0) is 27.8. The Hall–Kier alpha value is -4.86. The Morgan fingerprint density at radius 2 is 1.70 bits per heavy atom. The normalized spacial score (nSPS) is 14.2. The van der Waals surface area contributed by atoms with Crippen LogP contribution >= 0.6 is 0 Å². The van der Waals surface area contributed by atoms with Gasteiger partial charge in [0.1, 0.15) is 5.52 Å². The molecule has 1 amide bonds. The van der Waals surface area contributed by atoms with Gasteiger partial charge in [0, 0.05) is 43.0 Å². The number of aromatic nitrogens is 1. The Bertz CT molecular complexity index is 1640. The van der Waals surface area contributed by atoms with Crippen LogP contribution in [-0.2, 0) is 9.47 Å². The van der Waals surface area contributed by atoms with Gasteiger partial charge in [-0.15, -0.1) is 0 Å². The molecule has 3 aromatic carbocycles. The first-order valence-corrected chi connectivity index (χ1v) is 13.3. The van der Waals surface area contributed by atoms with Crippen LogP contribution in [0.25, 0.3) is 22.2 Å². The summed E-state index contributed by atoms with van der Waals surface area (Å²) in [5, 5.41) is 8.44. The molecule has 0 saturated carbocycles. The number of benzene rings is 3. The summed E-state index contributed by atoms with van der Waals surface area (Å²) in [6.45, 7) is 6.22. The van der Waals surface area contributed by atoms with E-state index in [2.05, 4.69) is 15.4 Å². The molecular formula is C30H28N4O6. The second kappa shape index (κ2) is 10.4. The zero-order valence-corrected chi connectivity index (χ0v) is 22.2. The number of carbonyl (C=O) groups excluding carboxylic acids is 3. The highest BCUT2D eigenvalue weighted by Gasteiger charge is 2.34. The molecule has 0 bridgehead atoms. The third-order valence-electron chi connectivity index (χ3n) is 7.18. The number of rotatable bonds is 6. The van der Waals surface area contributed by atoms with Gasteiger partial charge in [-0.05, 0) is 38.1 Å². The molecule has 1 aliphatic carbocycles. The Kier molecular flexibility index (Phi) is 6.59. The van der Waals surface area contributed by atoms with Gasteiger partial charge < -0.3 is 29.1 Å². The fourth-order valence-electron chi connectivity index (χ4n) is 5.32. The molecular weight excluding hydrogens is 512 g/mol. The number of hydrogen-bond donors (Lipinski definition) is 1. The van der Waals surface area contributed by atoms with Crippen LogP contribution in [0, 0.1) is 0 Å². The lowest BCUT2D eigenvalue weighted by Crippen LogP contribution is -2.49. The van der Waals surface area contributed by atoms with Crippen LogP contribution in [0.15, 0.2) is 59.1 Å². The molecule has 1 fully saturated rings. The van der Waals surface area contributed by atoms with E-state index in [1.165, 1.54) is 0 Å². The summed E-state index contributed by atoms with van der Waals surface area (Å²) in [5.41, 5.74) is 4.66. The van der Waals surface area contributed by atoms with Gasteiger partial charge in [-0.1, -0.05) is 35.5 Å². The minimum atomic E-state index is -0.422. The first-order chi connectivity index (χ1) is 19.5. The van der Waals surface area contributed by atoms with Crippen molar-refractivity contribution in [3.05, 3.63) is 71.3 Å².